The summed E-state index contributed by atoms with van der Waals surface area (Å²) in [5.41, 5.74) is 5.03. The fourth-order valence-electron chi connectivity index (χ4n) is 2.61. The van der Waals surface area contributed by atoms with Crippen molar-refractivity contribution in [2.75, 3.05) is 0 Å². The first-order valence-electron chi connectivity index (χ1n) is 6.60. The third-order valence-corrected chi connectivity index (χ3v) is 3.31. The van der Waals surface area contributed by atoms with Crippen molar-refractivity contribution in [3.63, 3.8) is 0 Å². The lowest BCUT2D eigenvalue weighted by Crippen LogP contribution is -2.30. The molecule has 0 radical (unpaired) electrons. The van der Waals surface area contributed by atoms with Gasteiger partial charge in [0.1, 0.15) is 0 Å². The van der Waals surface area contributed by atoms with E-state index in [1.807, 2.05) is 29.4 Å². The average molecular weight is 265 g/mol. The van der Waals surface area contributed by atoms with E-state index in [1.54, 1.807) is 12.4 Å². The summed E-state index contributed by atoms with van der Waals surface area (Å²) in [5.74, 6) is 0.675. The number of nitrogens with zero attached hydrogens (tertiary/aromatic N) is 4. The molecule has 4 heteroatoms. The molecular formula is C16H17N4+. The molecule has 0 atom stereocenters. The van der Waals surface area contributed by atoms with E-state index in [2.05, 4.69) is 47.4 Å². The van der Waals surface area contributed by atoms with Crippen molar-refractivity contribution >= 4 is 0 Å². The van der Waals surface area contributed by atoms with Crippen LogP contribution in [0.2, 0.25) is 0 Å². The summed E-state index contributed by atoms with van der Waals surface area (Å²) in [4.78, 5) is 8.51. The van der Waals surface area contributed by atoms with Gasteiger partial charge in [-0.05, 0) is 38.0 Å². The van der Waals surface area contributed by atoms with Gasteiger partial charge in [0, 0.05) is 0 Å². The van der Waals surface area contributed by atoms with Gasteiger partial charge in [0.2, 0.25) is 0 Å². The fourth-order valence-corrected chi connectivity index (χ4v) is 2.61. The summed E-state index contributed by atoms with van der Waals surface area (Å²) < 4.78 is 4.03. The second kappa shape index (κ2) is 4.89. The van der Waals surface area contributed by atoms with Crippen LogP contribution < -0.4 is 4.57 Å². The Hall–Kier alpha value is -2.49. The lowest BCUT2D eigenvalue weighted by atomic mass is 10.1. The first kappa shape index (κ1) is 12.5. The van der Waals surface area contributed by atoms with E-state index >= 15 is 0 Å². The number of hydrogen-bond donors (Lipinski definition) is 0. The highest BCUT2D eigenvalue weighted by Crippen LogP contribution is 2.20. The van der Waals surface area contributed by atoms with Crippen LogP contribution in [0.4, 0.5) is 0 Å². The Balaban J connectivity index is 2.07. The van der Waals surface area contributed by atoms with E-state index in [9.17, 15) is 0 Å². The van der Waals surface area contributed by atoms with Crippen molar-refractivity contribution in [1.82, 2.24) is 14.5 Å². The van der Waals surface area contributed by atoms with Crippen LogP contribution in [0.5, 0.6) is 0 Å². The molecule has 0 unspecified atom stereocenters. The highest BCUT2D eigenvalue weighted by Gasteiger charge is 2.12. The monoisotopic (exact) mass is 265 g/mol. The molecule has 0 amide bonds. The van der Waals surface area contributed by atoms with Crippen LogP contribution in [0.25, 0.3) is 11.6 Å². The van der Waals surface area contributed by atoms with E-state index < -0.39 is 0 Å². The van der Waals surface area contributed by atoms with E-state index in [1.165, 1.54) is 22.4 Å². The molecule has 0 saturated carbocycles. The van der Waals surface area contributed by atoms with Gasteiger partial charge in [-0.15, -0.1) is 9.97 Å². The summed E-state index contributed by atoms with van der Waals surface area (Å²) in [6.45, 7) is 6.40. The van der Waals surface area contributed by atoms with Crippen LogP contribution in [0.1, 0.15) is 16.7 Å². The zero-order valence-corrected chi connectivity index (χ0v) is 11.9. The van der Waals surface area contributed by atoms with Crippen molar-refractivity contribution in [1.29, 1.82) is 0 Å². The SMILES string of the molecule is Cc1cc(C)c(-n2cc[n+](-c3ncccn3)c2)c(C)c1. The van der Waals surface area contributed by atoms with Gasteiger partial charge in [-0.2, -0.15) is 4.57 Å². The third kappa shape index (κ3) is 2.20. The minimum absolute atomic E-state index is 0.675. The van der Waals surface area contributed by atoms with Gasteiger partial charge < -0.3 is 0 Å². The average Bonchev–Trinajstić information content (AvgIpc) is 2.88. The van der Waals surface area contributed by atoms with E-state index in [0.717, 1.165) is 0 Å². The number of rotatable bonds is 2. The molecule has 2 heterocycles. The molecule has 0 bridgehead atoms. The standard InChI is InChI=1S/C16H17N4/c1-12-9-13(2)15(14(3)10-12)19-7-8-20(11-19)16-17-5-4-6-18-16/h4-11H,1-3H3/q+1. The smallest absolute Gasteiger partial charge is 0.253 e. The van der Waals surface area contributed by atoms with Crippen molar-refractivity contribution in [2.24, 2.45) is 0 Å². The lowest BCUT2D eigenvalue weighted by molar-refractivity contribution is -0.602. The molecule has 3 rings (SSSR count). The molecule has 0 aliphatic carbocycles. The molecule has 0 aliphatic rings. The quantitative estimate of drug-likeness (QED) is 0.667. The Labute approximate surface area is 118 Å². The Morgan fingerprint density at radius 1 is 1.00 bits per heavy atom. The molecule has 0 saturated heterocycles. The Morgan fingerprint density at radius 3 is 2.30 bits per heavy atom. The van der Waals surface area contributed by atoms with Crippen LogP contribution in [0.3, 0.4) is 0 Å². The first-order valence-corrected chi connectivity index (χ1v) is 6.60. The summed E-state index contributed by atoms with van der Waals surface area (Å²) in [6, 6.07) is 6.21. The summed E-state index contributed by atoms with van der Waals surface area (Å²) in [6.07, 6.45) is 9.49. The van der Waals surface area contributed by atoms with Crippen molar-refractivity contribution in [3.05, 3.63) is 66.0 Å². The van der Waals surface area contributed by atoms with Gasteiger partial charge in [0.25, 0.3) is 0 Å². The second-order valence-corrected chi connectivity index (χ2v) is 5.02. The maximum absolute atomic E-state index is 4.25. The largest absolute Gasteiger partial charge is 0.388 e. The van der Waals surface area contributed by atoms with Crippen LogP contribution in [0.15, 0.2) is 49.3 Å². The second-order valence-electron chi connectivity index (χ2n) is 5.02. The lowest BCUT2D eigenvalue weighted by Gasteiger charge is -2.09. The molecule has 100 valence electrons. The number of benzene rings is 1. The number of aryl methyl sites for hydroxylation is 3. The molecule has 1 aromatic carbocycles. The number of imidazole rings is 1. The van der Waals surface area contributed by atoms with Gasteiger partial charge >= 0.3 is 5.95 Å². The fraction of sp³-hybridized carbons (Fsp3) is 0.188. The van der Waals surface area contributed by atoms with Gasteiger partial charge in [0.05, 0.1) is 30.5 Å². The molecule has 0 N–H and O–H groups in total. The van der Waals surface area contributed by atoms with Crippen LogP contribution in [0, 0.1) is 20.8 Å². The predicted octanol–water partition coefficient (Wildman–Crippen LogP) is 2.47. The summed E-state index contributed by atoms with van der Waals surface area (Å²) in [7, 11) is 0. The maximum Gasteiger partial charge on any atom is 0.388 e. The zero-order chi connectivity index (χ0) is 14.1. The number of aromatic nitrogens is 4. The Bertz CT molecular complexity index is 721. The summed E-state index contributed by atoms with van der Waals surface area (Å²) >= 11 is 0. The minimum Gasteiger partial charge on any atom is -0.253 e. The van der Waals surface area contributed by atoms with Crippen molar-refractivity contribution < 1.29 is 4.57 Å². The first-order chi connectivity index (χ1) is 9.65. The van der Waals surface area contributed by atoms with Gasteiger partial charge in [-0.3, -0.25) is 4.57 Å². The van der Waals surface area contributed by atoms with Crippen molar-refractivity contribution in [3.8, 4) is 11.6 Å². The summed E-state index contributed by atoms with van der Waals surface area (Å²) in [5, 5.41) is 0. The van der Waals surface area contributed by atoms with Crippen LogP contribution in [-0.2, 0) is 0 Å². The minimum atomic E-state index is 0.675. The molecular weight excluding hydrogens is 248 g/mol. The molecule has 3 aromatic rings. The Kier molecular flexibility index (Phi) is 3.06. The van der Waals surface area contributed by atoms with E-state index in [-0.39, 0.29) is 0 Å². The molecule has 0 aliphatic heterocycles. The molecule has 0 spiro atoms. The van der Waals surface area contributed by atoms with Gasteiger partial charge in [0.15, 0.2) is 6.33 Å². The van der Waals surface area contributed by atoms with E-state index in [4.69, 9.17) is 0 Å². The van der Waals surface area contributed by atoms with Crippen molar-refractivity contribution in [2.45, 2.75) is 20.8 Å². The van der Waals surface area contributed by atoms with Crippen LogP contribution >= 0.6 is 0 Å². The van der Waals surface area contributed by atoms with Crippen LogP contribution in [-0.4, -0.2) is 14.5 Å². The normalized spacial score (nSPS) is 10.8. The van der Waals surface area contributed by atoms with Gasteiger partial charge in [-0.1, -0.05) is 17.7 Å². The zero-order valence-electron chi connectivity index (χ0n) is 11.9. The maximum atomic E-state index is 4.25. The highest BCUT2D eigenvalue weighted by atomic mass is 15.2. The topological polar surface area (TPSA) is 34.6 Å². The Morgan fingerprint density at radius 2 is 1.65 bits per heavy atom. The molecule has 2 aromatic heterocycles. The highest BCUT2D eigenvalue weighted by molar-refractivity contribution is 5.48. The predicted molar refractivity (Wildman–Crippen MR) is 77.1 cm³/mol. The van der Waals surface area contributed by atoms with Gasteiger partial charge in [-0.25, -0.2) is 0 Å². The molecule has 4 nitrogen and oxygen atoms in total. The molecule has 0 fully saturated rings. The van der Waals surface area contributed by atoms with E-state index in [0.29, 0.717) is 5.95 Å². The third-order valence-electron chi connectivity index (χ3n) is 3.31. The number of hydrogen-bond acceptors (Lipinski definition) is 2. The molecule has 20 heavy (non-hydrogen) atoms.